The van der Waals surface area contributed by atoms with E-state index in [9.17, 15) is 24.3 Å². The Kier molecular flexibility index (Phi) is 17.3. The number of fused-ring (bicyclic) bond motifs is 4. The molecular formula is C53H79N3O10. The van der Waals surface area contributed by atoms with Crippen LogP contribution in [0.4, 0.5) is 0 Å². The molecule has 1 amide bonds. The SMILES string of the molecule is CCC1C=C(C)CC(C)CC(OC)C2OC(O)(C(=O)C(=O)N3CCCCC3C(=O)OC(C(C)=CC3(NC)CCCC(OC)C3c3ccc4c(ccn4C)c3)C(C)CCC1=O)C(C)CC2OC. The van der Waals surface area contributed by atoms with Gasteiger partial charge in [-0.25, -0.2) is 4.79 Å². The molecule has 4 aliphatic rings. The van der Waals surface area contributed by atoms with Crippen LogP contribution in [0.1, 0.15) is 130 Å². The molecule has 2 bridgehead atoms. The number of methoxy groups -OCH3 is 3. The predicted octanol–water partition coefficient (Wildman–Crippen LogP) is 7.76. The Morgan fingerprint density at radius 2 is 1.67 bits per heavy atom. The molecule has 13 nitrogen and oxygen atoms in total. The molecule has 366 valence electrons. The van der Waals surface area contributed by atoms with Crippen LogP contribution in [-0.2, 0) is 49.9 Å². The molecule has 1 aromatic carbocycles. The fourth-order valence-corrected chi connectivity index (χ4v) is 11.9. The number of esters is 1. The van der Waals surface area contributed by atoms with Crippen LogP contribution >= 0.6 is 0 Å². The van der Waals surface area contributed by atoms with Gasteiger partial charge in [0, 0.05) is 76.3 Å². The fraction of sp³-hybridized carbons (Fsp3) is 0.698. The Morgan fingerprint density at radius 3 is 2.35 bits per heavy atom. The van der Waals surface area contributed by atoms with Crippen LogP contribution in [0.2, 0.25) is 0 Å². The van der Waals surface area contributed by atoms with Gasteiger partial charge in [0.15, 0.2) is 0 Å². The number of carbonyl (C=O) groups is 4. The summed E-state index contributed by atoms with van der Waals surface area (Å²) in [5, 5.41) is 17.1. The summed E-state index contributed by atoms with van der Waals surface area (Å²) < 4.78 is 33.2. The summed E-state index contributed by atoms with van der Waals surface area (Å²) in [6.45, 7) is 12.0. The zero-order chi connectivity index (χ0) is 48.1. The van der Waals surface area contributed by atoms with Gasteiger partial charge in [-0.3, -0.25) is 14.4 Å². The van der Waals surface area contributed by atoms with E-state index in [-0.39, 0.29) is 54.9 Å². The van der Waals surface area contributed by atoms with E-state index in [0.717, 1.165) is 46.9 Å². The van der Waals surface area contributed by atoms with E-state index in [1.165, 1.54) is 4.90 Å². The van der Waals surface area contributed by atoms with Crippen molar-refractivity contribution < 1.29 is 48.0 Å². The van der Waals surface area contributed by atoms with Crippen molar-refractivity contribution >= 4 is 34.3 Å². The largest absolute Gasteiger partial charge is 0.456 e. The molecule has 1 aromatic heterocycles. The number of benzene rings is 1. The number of cyclic esters (lactones) is 1. The average Bonchev–Trinajstić information content (AvgIpc) is 3.69. The van der Waals surface area contributed by atoms with Crippen LogP contribution < -0.4 is 5.32 Å². The summed E-state index contributed by atoms with van der Waals surface area (Å²) >= 11 is 0. The number of likely N-dealkylation sites (N-methyl/N-ethyl adjacent to an activating group) is 1. The number of nitrogens with zero attached hydrogens (tertiary/aromatic N) is 2. The van der Waals surface area contributed by atoms with E-state index in [1.807, 2.05) is 41.8 Å². The third-order valence-electron chi connectivity index (χ3n) is 15.7. The number of allylic oxidation sites excluding steroid dienone is 2. The zero-order valence-electron chi connectivity index (χ0n) is 41.6. The number of ether oxygens (including phenoxy) is 5. The number of aromatic nitrogens is 1. The lowest BCUT2D eigenvalue weighted by molar-refractivity contribution is -0.302. The highest BCUT2D eigenvalue weighted by atomic mass is 16.7. The van der Waals surface area contributed by atoms with E-state index in [1.54, 1.807) is 28.3 Å². The number of piperidine rings is 1. The second kappa shape index (κ2) is 22.1. The maximum atomic E-state index is 14.8. The second-order valence-corrected chi connectivity index (χ2v) is 20.3. The minimum Gasteiger partial charge on any atom is -0.456 e. The number of rotatable bonds is 8. The van der Waals surface area contributed by atoms with Crippen molar-refractivity contribution in [3.63, 3.8) is 0 Å². The van der Waals surface area contributed by atoms with Crippen molar-refractivity contribution in [3.05, 3.63) is 59.3 Å². The van der Waals surface area contributed by atoms with Gasteiger partial charge in [0.1, 0.15) is 24.0 Å². The van der Waals surface area contributed by atoms with Gasteiger partial charge in [-0.15, -0.1) is 0 Å². The van der Waals surface area contributed by atoms with Crippen molar-refractivity contribution in [2.24, 2.45) is 30.7 Å². The molecule has 13 unspecified atom stereocenters. The second-order valence-electron chi connectivity index (χ2n) is 20.3. The average molecular weight is 918 g/mol. The summed E-state index contributed by atoms with van der Waals surface area (Å²) in [5.41, 5.74) is 3.60. The number of nitrogens with one attached hydrogen (secondary N) is 1. The lowest BCUT2D eigenvalue weighted by Gasteiger charge is -2.47. The first-order valence-electron chi connectivity index (χ1n) is 24.6. The van der Waals surface area contributed by atoms with Gasteiger partial charge < -0.3 is 43.6 Å². The lowest BCUT2D eigenvalue weighted by atomic mass is 9.66. The smallest absolute Gasteiger partial charge is 0.329 e. The van der Waals surface area contributed by atoms with Crippen LogP contribution in [0, 0.1) is 23.7 Å². The molecule has 2 saturated heterocycles. The zero-order valence-corrected chi connectivity index (χ0v) is 41.6. The third kappa shape index (κ3) is 10.8. The van der Waals surface area contributed by atoms with Crippen LogP contribution in [0.5, 0.6) is 0 Å². The predicted molar refractivity (Wildman–Crippen MR) is 255 cm³/mol. The van der Waals surface area contributed by atoms with Gasteiger partial charge in [0.2, 0.25) is 5.79 Å². The highest BCUT2D eigenvalue weighted by Crippen LogP contribution is 2.45. The van der Waals surface area contributed by atoms with Crippen LogP contribution in [0.25, 0.3) is 10.9 Å². The number of carbonyl (C=O) groups excluding carboxylic acids is 4. The molecule has 6 rings (SSSR count). The quantitative estimate of drug-likeness (QED) is 0.152. The Bertz CT molecular complexity index is 2100. The van der Waals surface area contributed by atoms with E-state index in [0.29, 0.717) is 44.9 Å². The molecule has 66 heavy (non-hydrogen) atoms. The third-order valence-corrected chi connectivity index (χ3v) is 15.7. The standard InChI is InChI=1S/C53H79N3O10/c1-12-37-27-32(2)26-33(3)28-44(63-10)48-45(64-11)29-36(6)53(61,66-48)49(58)50(59)56-24-14-13-16-41(56)51(60)65-47(34(4)18-21-42(37)57)35(5)31-52(54-7)23-15-17-43(62-9)46(52)39-19-20-40-38(30-39)22-25-55(40)8/h19-20,22,25,27,30-31,33-34,36-37,41,43-48,54,61H,12-18,21,23-24,26,28-29H2,1-11H3. The van der Waals surface area contributed by atoms with E-state index in [4.69, 9.17) is 23.7 Å². The number of amides is 1. The Morgan fingerprint density at radius 1 is 0.955 bits per heavy atom. The van der Waals surface area contributed by atoms with Gasteiger partial charge in [0.05, 0.1) is 18.3 Å². The molecule has 0 radical (unpaired) electrons. The topological polar surface area (TPSA) is 155 Å². The maximum absolute atomic E-state index is 14.8. The normalized spacial score (nSPS) is 36.4. The molecule has 1 saturated carbocycles. The minimum atomic E-state index is -2.48. The van der Waals surface area contributed by atoms with Crippen LogP contribution in [0.3, 0.4) is 0 Å². The Balaban J connectivity index is 1.41. The van der Waals surface area contributed by atoms with Gasteiger partial charge in [-0.1, -0.05) is 51.5 Å². The first-order valence-corrected chi connectivity index (χ1v) is 24.6. The fourth-order valence-electron chi connectivity index (χ4n) is 11.9. The molecular weight excluding hydrogens is 839 g/mol. The highest BCUT2D eigenvalue weighted by molar-refractivity contribution is 6.39. The first kappa shape index (κ1) is 51.7. The number of Topliss-reactive ketones (excluding diaryl/α,β-unsaturated/α-hetero) is 2. The number of hydrogen-bond donors (Lipinski definition) is 2. The van der Waals surface area contributed by atoms with Crippen molar-refractivity contribution in [1.29, 1.82) is 0 Å². The molecule has 3 aliphatic heterocycles. The summed E-state index contributed by atoms with van der Waals surface area (Å²) in [7, 11) is 8.91. The molecule has 0 spiro atoms. The molecule has 4 heterocycles. The lowest BCUT2D eigenvalue weighted by Crippen LogP contribution is -2.64. The monoisotopic (exact) mass is 918 g/mol. The summed E-state index contributed by atoms with van der Waals surface area (Å²) in [5.74, 6) is -6.44. The van der Waals surface area contributed by atoms with Crippen molar-refractivity contribution in [2.75, 3.05) is 34.9 Å². The van der Waals surface area contributed by atoms with Gasteiger partial charge >= 0.3 is 5.97 Å². The number of ketones is 2. The Labute approximate surface area is 393 Å². The van der Waals surface area contributed by atoms with E-state index >= 15 is 0 Å². The van der Waals surface area contributed by atoms with Gasteiger partial charge in [0.25, 0.3) is 11.7 Å². The van der Waals surface area contributed by atoms with Gasteiger partial charge in [-0.05, 0) is 138 Å². The summed E-state index contributed by atoms with van der Waals surface area (Å²) in [6.07, 6.45) is 10.5. The molecule has 13 atom stereocenters. The van der Waals surface area contributed by atoms with Crippen molar-refractivity contribution in [3.8, 4) is 0 Å². The van der Waals surface area contributed by atoms with E-state index in [2.05, 4.69) is 59.4 Å². The number of aliphatic hydroxyl groups is 1. The number of aryl methyl sites for hydroxylation is 1. The molecule has 2 aromatic rings. The summed E-state index contributed by atoms with van der Waals surface area (Å²) in [6, 6.07) is 7.66. The molecule has 13 heteroatoms. The van der Waals surface area contributed by atoms with Crippen molar-refractivity contribution in [1.82, 2.24) is 14.8 Å². The Hall–Kier alpha value is -3.72. The molecule has 2 N–H and O–H groups in total. The van der Waals surface area contributed by atoms with Crippen molar-refractivity contribution in [2.45, 2.75) is 172 Å². The van der Waals surface area contributed by atoms with Crippen LogP contribution in [-0.4, -0.2) is 121 Å². The van der Waals surface area contributed by atoms with Gasteiger partial charge in [-0.2, -0.15) is 0 Å². The highest BCUT2D eigenvalue weighted by Gasteiger charge is 2.57. The number of hydrogen-bond acceptors (Lipinski definition) is 11. The summed E-state index contributed by atoms with van der Waals surface area (Å²) in [4.78, 5) is 59.1. The molecule has 1 aliphatic carbocycles. The first-order chi connectivity index (χ1) is 31.4. The molecule has 3 fully saturated rings. The minimum absolute atomic E-state index is 0.0803. The van der Waals surface area contributed by atoms with E-state index < -0.39 is 65.4 Å². The van der Waals surface area contributed by atoms with Crippen LogP contribution in [0.15, 0.2) is 53.8 Å². The maximum Gasteiger partial charge on any atom is 0.329 e.